The number of nitrogens with zero attached hydrogens (tertiary/aromatic N) is 3. The molecule has 5 heteroatoms. The van der Waals surface area contributed by atoms with Gasteiger partial charge in [0.1, 0.15) is 5.82 Å². The molecule has 0 amide bonds. The standard InChI is InChI=1S/C15H25N3O2/c1-12(2)11-18(9-8-17(3)4)14-10-13(6-7-16-14)15(19)20-5/h6-7,10,12H,8-9,11H2,1-5H3. The van der Waals surface area contributed by atoms with Crippen molar-refractivity contribution >= 4 is 11.8 Å². The minimum Gasteiger partial charge on any atom is -0.465 e. The Hall–Kier alpha value is -1.62. The van der Waals surface area contributed by atoms with Crippen molar-refractivity contribution in [2.75, 3.05) is 45.7 Å². The van der Waals surface area contributed by atoms with Crippen LogP contribution in [0, 0.1) is 5.92 Å². The number of carbonyl (C=O) groups is 1. The minimum absolute atomic E-state index is 0.328. The molecule has 1 aromatic rings. The first kappa shape index (κ1) is 16.4. The molecule has 0 spiro atoms. The maximum absolute atomic E-state index is 11.6. The molecule has 1 aromatic heterocycles. The van der Waals surface area contributed by atoms with E-state index in [9.17, 15) is 4.79 Å². The van der Waals surface area contributed by atoms with Gasteiger partial charge >= 0.3 is 5.97 Å². The predicted molar refractivity (Wildman–Crippen MR) is 81.2 cm³/mol. The fourth-order valence-electron chi connectivity index (χ4n) is 1.90. The fourth-order valence-corrected chi connectivity index (χ4v) is 1.90. The van der Waals surface area contributed by atoms with Crippen molar-refractivity contribution in [3.05, 3.63) is 23.9 Å². The zero-order valence-electron chi connectivity index (χ0n) is 13.1. The van der Waals surface area contributed by atoms with Crippen LogP contribution in [0.3, 0.4) is 0 Å². The van der Waals surface area contributed by atoms with Crippen LogP contribution in [0.5, 0.6) is 0 Å². The van der Waals surface area contributed by atoms with E-state index in [4.69, 9.17) is 4.74 Å². The number of methoxy groups -OCH3 is 1. The van der Waals surface area contributed by atoms with E-state index in [1.54, 1.807) is 18.3 Å². The Morgan fingerprint density at radius 3 is 2.60 bits per heavy atom. The normalized spacial score (nSPS) is 10.9. The van der Waals surface area contributed by atoms with Crippen LogP contribution in [0.4, 0.5) is 5.82 Å². The van der Waals surface area contributed by atoms with Crippen LogP contribution in [0.15, 0.2) is 18.3 Å². The molecule has 0 saturated heterocycles. The highest BCUT2D eigenvalue weighted by Gasteiger charge is 2.13. The van der Waals surface area contributed by atoms with Gasteiger partial charge in [-0.15, -0.1) is 0 Å². The molecule has 0 N–H and O–H groups in total. The molecule has 1 heterocycles. The van der Waals surface area contributed by atoms with Gasteiger partial charge in [-0.2, -0.15) is 0 Å². The molecule has 0 aliphatic rings. The lowest BCUT2D eigenvalue weighted by Gasteiger charge is -2.27. The van der Waals surface area contributed by atoms with Crippen molar-refractivity contribution in [3.8, 4) is 0 Å². The highest BCUT2D eigenvalue weighted by Crippen LogP contribution is 2.15. The average Bonchev–Trinajstić information content (AvgIpc) is 2.42. The number of anilines is 1. The predicted octanol–water partition coefficient (Wildman–Crippen LogP) is 1.89. The second-order valence-electron chi connectivity index (χ2n) is 5.54. The van der Waals surface area contributed by atoms with E-state index in [0.717, 1.165) is 25.5 Å². The van der Waals surface area contributed by atoms with Crippen molar-refractivity contribution in [2.45, 2.75) is 13.8 Å². The SMILES string of the molecule is COC(=O)c1ccnc(N(CCN(C)C)CC(C)C)c1. The lowest BCUT2D eigenvalue weighted by Crippen LogP contribution is -2.35. The fraction of sp³-hybridized carbons (Fsp3) is 0.600. The topological polar surface area (TPSA) is 45.7 Å². The summed E-state index contributed by atoms with van der Waals surface area (Å²) in [5, 5.41) is 0. The van der Waals surface area contributed by atoms with Crippen molar-refractivity contribution in [2.24, 2.45) is 5.92 Å². The van der Waals surface area contributed by atoms with Gasteiger partial charge in [0.2, 0.25) is 0 Å². The summed E-state index contributed by atoms with van der Waals surface area (Å²) in [6.07, 6.45) is 1.66. The quantitative estimate of drug-likeness (QED) is 0.713. The molecule has 0 fully saturated rings. The summed E-state index contributed by atoms with van der Waals surface area (Å²) in [6, 6.07) is 3.47. The van der Waals surface area contributed by atoms with Crippen LogP contribution in [-0.2, 0) is 4.74 Å². The van der Waals surface area contributed by atoms with Crippen LogP contribution in [0.25, 0.3) is 0 Å². The third-order valence-electron chi connectivity index (χ3n) is 2.89. The van der Waals surface area contributed by atoms with E-state index >= 15 is 0 Å². The zero-order valence-corrected chi connectivity index (χ0v) is 13.1. The van der Waals surface area contributed by atoms with E-state index in [1.807, 2.05) is 14.1 Å². The monoisotopic (exact) mass is 279 g/mol. The number of esters is 1. The van der Waals surface area contributed by atoms with Crippen LogP contribution in [0.2, 0.25) is 0 Å². The van der Waals surface area contributed by atoms with Gasteiger partial charge in [-0.1, -0.05) is 13.8 Å². The summed E-state index contributed by atoms with van der Waals surface area (Å²) in [5.74, 6) is 1.02. The Morgan fingerprint density at radius 1 is 1.35 bits per heavy atom. The van der Waals surface area contributed by atoms with Gasteiger partial charge in [-0.3, -0.25) is 0 Å². The zero-order chi connectivity index (χ0) is 15.1. The Kier molecular flexibility index (Phi) is 6.45. The Labute approximate surface area is 121 Å². The summed E-state index contributed by atoms with van der Waals surface area (Å²) in [5.41, 5.74) is 0.538. The van der Waals surface area contributed by atoms with Crippen molar-refractivity contribution in [3.63, 3.8) is 0 Å². The highest BCUT2D eigenvalue weighted by atomic mass is 16.5. The van der Waals surface area contributed by atoms with Gasteiger partial charge in [-0.05, 0) is 32.1 Å². The lowest BCUT2D eigenvalue weighted by atomic mass is 10.2. The smallest absolute Gasteiger partial charge is 0.338 e. The number of ether oxygens (including phenoxy) is 1. The second kappa shape index (κ2) is 7.85. The lowest BCUT2D eigenvalue weighted by molar-refractivity contribution is 0.0600. The minimum atomic E-state index is -0.328. The molecule has 0 unspecified atom stereocenters. The molecule has 112 valence electrons. The van der Waals surface area contributed by atoms with Gasteiger partial charge in [0.15, 0.2) is 0 Å². The molecule has 0 aliphatic heterocycles. The summed E-state index contributed by atoms with van der Waals surface area (Å²) < 4.78 is 4.76. The van der Waals surface area contributed by atoms with Gasteiger partial charge < -0.3 is 14.5 Å². The maximum Gasteiger partial charge on any atom is 0.338 e. The van der Waals surface area contributed by atoms with Gasteiger partial charge in [0.05, 0.1) is 12.7 Å². The summed E-state index contributed by atoms with van der Waals surface area (Å²) >= 11 is 0. The van der Waals surface area contributed by atoms with Gasteiger partial charge in [0.25, 0.3) is 0 Å². The van der Waals surface area contributed by atoms with E-state index < -0.39 is 0 Å². The second-order valence-corrected chi connectivity index (χ2v) is 5.54. The average molecular weight is 279 g/mol. The molecule has 0 bridgehead atoms. The number of likely N-dealkylation sites (N-methyl/N-ethyl adjacent to an activating group) is 1. The number of hydrogen-bond donors (Lipinski definition) is 0. The van der Waals surface area contributed by atoms with Crippen LogP contribution in [0.1, 0.15) is 24.2 Å². The first-order chi connectivity index (χ1) is 9.43. The van der Waals surface area contributed by atoms with E-state index in [0.29, 0.717) is 11.5 Å². The number of hydrogen-bond acceptors (Lipinski definition) is 5. The van der Waals surface area contributed by atoms with Crippen molar-refractivity contribution < 1.29 is 9.53 Å². The Balaban J connectivity index is 2.91. The first-order valence-electron chi connectivity index (χ1n) is 6.88. The molecule has 0 atom stereocenters. The van der Waals surface area contributed by atoms with E-state index in [1.165, 1.54) is 7.11 Å². The Morgan fingerprint density at radius 2 is 2.05 bits per heavy atom. The molecule has 1 rings (SSSR count). The third kappa shape index (κ3) is 5.17. The van der Waals surface area contributed by atoms with Crippen molar-refractivity contribution in [1.29, 1.82) is 0 Å². The first-order valence-corrected chi connectivity index (χ1v) is 6.88. The highest BCUT2D eigenvalue weighted by molar-refractivity contribution is 5.90. The molecule has 5 nitrogen and oxygen atoms in total. The van der Waals surface area contributed by atoms with Crippen LogP contribution >= 0.6 is 0 Å². The number of aromatic nitrogens is 1. The number of carbonyl (C=O) groups excluding carboxylic acids is 1. The molecular weight excluding hydrogens is 254 g/mol. The van der Waals surface area contributed by atoms with E-state index in [-0.39, 0.29) is 5.97 Å². The number of rotatable bonds is 7. The summed E-state index contributed by atoms with van der Waals surface area (Å²) in [4.78, 5) is 20.3. The molecule has 0 radical (unpaired) electrons. The molecule has 20 heavy (non-hydrogen) atoms. The van der Waals surface area contributed by atoms with Gasteiger partial charge in [-0.25, -0.2) is 9.78 Å². The molecular formula is C15H25N3O2. The van der Waals surface area contributed by atoms with Gasteiger partial charge in [0, 0.05) is 25.8 Å². The third-order valence-corrected chi connectivity index (χ3v) is 2.89. The number of pyridine rings is 1. The maximum atomic E-state index is 11.6. The summed E-state index contributed by atoms with van der Waals surface area (Å²) in [7, 11) is 5.48. The molecule has 0 aliphatic carbocycles. The van der Waals surface area contributed by atoms with Crippen LogP contribution in [-0.4, -0.2) is 56.7 Å². The van der Waals surface area contributed by atoms with E-state index in [2.05, 4.69) is 28.6 Å². The van der Waals surface area contributed by atoms with Crippen molar-refractivity contribution in [1.82, 2.24) is 9.88 Å². The largest absolute Gasteiger partial charge is 0.465 e. The Bertz CT molecular complexity index is 433. The molecule has 0 saturated carbocycles. The summed E-state index contributed by atoms with van der Waals surface area (Å²) in [6.45, 7) is 7.07. The van der Waals surface area contributed by atoms with Crippen LogP contribution < -0.4 is 4.90 Å². The molecule has 0 aromatic carbocycles.